The third-order valence-corrected chi connectivity index (χ3v) is 3.76. The first kappa shape index (κ1) is 20.3. The lowest BCUT2D eigenvalue weighted by molar-refractivity contribution is 0.340. The summed E-state index contributed by atoms with van der Waals surface area (Å²) < 4.78 is 32.9. The smallest absolute Gasteiger partial charge is 0.217 e. The average Bonchev–Trinajstić information content (AvgIpc) is 2.70. The Hall–Kier alpha value is -3.04. The maximum absolute atomic E-state index is 13.8. The normalized spacial score (nSPS) is 10.8. The Morgan fingerprint density at radius 2 is 1.33 bits per heavy atom. The van der Waals surface area contributed by atoms with Crippen molar-refractivity contribution in [1.29, 1.82) is 0 Å². The van der Waals surface area contributed by atoms with E-state index in [2.05, 4.69) is 30.6 Å². The maximum Gasteiger partial charge on any atom is 0.217 e. The largest absolute Gasteiger partial charge is 0.494 e. The van der Waals surface area contributed by atoms with Crippen LogP contribution < -0.4 is 4.74 Å². The van der Waals surface area contributed by atoms with Crippen molar-refractivity contribution in [2.24, 2.45) is 0 Å². The molecule has 27 heavy (non-hydrogen) atoms. The third-order valence-electron chi connectivity index (χ3n) is 3.76. The second kappa shape index (κ2) is 10.8. The number of hydrogen-bond donors (Lipinski definition) is 0. The summed E-state index contributed by atoms with van der Waals surface area (Å²) in [4.78, 5) is 0. The fraction of sp³-hybridized carbons (Fsp3) is 0.250. The zero-order valence-corrected chi connectivity index (χ0v) is 15.6. The quantitative estimate of drug-likeness (QED) is 0.593. The van der Waals surface area contributed by atoms with Crippen LogP contribution in [0.2, 0.25) is 0 Å². The van der Waals surface area contributed by atoms with Gasteiger partial charge in [0.2, 0.25) is 11.7 Å². The summed E-state index contributed by atoms with van der Waals surface area (Å²) in [7, 11) is 0. The number of ether oxygens (including phenoxy) is 1. The summed E-state index contributed by atoms with van der Waals surface area (Å²) in [6.45, 7) is 4.59. The van der Waals surface area contributed by atoms with Crippen LogP contribution in [0, 0.1) is 23.7 Å². The predicted molar refractivity (Wildman–Crippen MR) is 106 cm³/mol. The first-order valence-corrected chi connectivity index (χ1v) is 9.03. The molecule has 0 unspecified atom stereocenters. The molecule has 0 aliphatic rings. The first-order chi connectivity index (χ1) is 13.1. The fourth-order valence-corrected chi connectivity index (χ4v) is 2.30. The van der Waals surface area contributed by atoms with Crippen molar-refractivity contribution in [1.82, 2.24) is 0 Å². The molecule has 0 saturated carbocycles. The van der Waals surface area contributed by atoms with E-state index < -0.39 is 11.7 Å². The molecule has 0 radical (unpaired) electrons. The van der Waals surface area contributed by atoms with Crippen molar-refractivity contribution in [2.45, 2.75) is 33.1 Å². The molecule has 3 heteroatoms. The van der Waals surface area contributed by atoms with Gasteiger partial charge in [0.05, 0.1) is 6.61 Å². The molecule has 0 aliphatic carbocycles. The van der Waals surface area contributed by atoms with Gasteiger partial charge in [0, 0.05) is 11.1 Å². The Labute approximate surface area is 160 Å². The molecule has 0 atom stereocenters. The molecular formula is C24H22F2O. The van der Waals surface area contributed by atoms with Crippen LogP contribution in [0.5, 0.6) is 5.75 Å². The summed E-state index contributed by atoms with van der Waals surface area (Å²) in [5, 5.41) is 0. The average molecular weight is 364 g/mol. The minimum absolute atomic E-state index is 0.563. The van der Waals surface area contributed by atoms with Crippen LogP contribution in [0.15, 0.2) is 60.2 Å². The van der Waals surface area contributed by atoms with E-state index >= 15 is 0 Å². The molecule has 0 bridgehead atoms. The first-order valence-electron chi connectivity index (χ1n) is 9.03. The van der Waals surface area contributed by atoms with Crippen molar-refractivity contribution < 1.29 is 13.5 Å². The Morgan fingerprint density at radius 3 is 1.81 bits per heavy atom. The standard InChI is InChI=1S/C24H22F2O/c1-3-5-6-19-7-9-20(10-8-19)13-17-23(25)24(26)18-14-21-11-15-22(16-12-21)27-4-2/h7-12,15-16H,3-6H2,1-2H3. The van der Waals surface area contributed by atoms with Gasteiger partial charge < -0.3 is 4.74 Å². The molecular weight excluding hydrogens is 342 g/mol. The van der Waals surface area contributed by atoms with Gasteiger partial charge in [-0.15, -0.1) is 0 Å². The van der Waals surface area contributed by atoms with E-state index in [-0.39, 0.29) is 0 Å². The van der Waals surface area contributed by atoms with Crippen LogP contribution in [-0.4, -0.2) is 6.61 Å². The van der Waals surface area contributed by atoms with Gasteiger partial charge in [0.15, 0.2) is 0 Å². The minimum Gasteiger partial charge on any atom is -0.494 e. The lowest BCUT2D eigenvalue weighted by Gasteiger charge is -2.01. The summed E-state index contributed by atoms with van der Waals surface area (Å²) in [6, 6.07) is 14.4. The van der Waals surface area contributed by atoms with Gasteiger partial charge in [-0.1, -0.05) is 37.3 Å². The molecule has 0 heterocycles. The minimum atomic E-state index is -1.17. The van der Waals surface area contributed by atoms with Gasteiger partial charge in [-0.25, -0.2) is 0 Å². The number of benzene rings is 2. The van der Waals surface area contributed by atoms with Gasteiger partial charge in [-0.2, -0.15) is 8.78 Å². The van der Waals surface area contributed by atoms with Crippen LogP contribution in [0.4, 0.5) is 8.78 Å². The Bertz CT molecular complexity index is 886. The molecule has 0 amide bonds. The molecule has 0 spiro atoms. The topological polar surface area (TPSA) is 9.23 Å². The van der Waals surface area contributed by atoms with E-state index in [0.29, 0.717) is 23.5 Å². The van der Waals surface area contributed by atoms with Gasteiger partial charge in [0.25, 0.3) is 0 Å². The number of aryl methyl sites for hydroxylation is 1. The Balaban J connectivity index is 2.05. The SMILES string of the molecule is CCCCc1ccc(C#CC(F)=C(F)C#Cc2ccc(OCC)cc2)cc1. The summed E-state index contributed by atoms with van der Waals surface area (Å²) in [5.41, 5.74) is 2.42. The van der Waals surface area contributed by atoms with Crippen molar-refractivity contribution in [3.8, 4) is 29.4 Å². The number of allylic oxidation sites excluding steroid dienone is 2. The van der Waals surface area contributed by atoms with Crippen LogP contribution in [-0.2, 0) is 6.42 Å². The van der Waals surface area contributed by atoms with E-state index in [4.69, 9.17) is 4.74 Å². The Kier molecular flexibility index (Phi) is 8.14. The third kappa shape index (κ3) is 7.00. The highest BCUT2D eigenvalue weighted by atomic mass is 19.2. The number of halogens is 2. The van der Waals surface area contributed by atoms with Crippen molar-refractivity contribution >= 4 is 0 Å². The maximum atomic E-state index is 13.8. The highest BCUT2D eigenvalue weighted by molar-refractivity contribution is 5.46. The molecule has 0 saturated heterocycles. The summed E-state index contributed by atoms with van der Waals surface area (Å²) in [6.07, 6.45) is 3.27. The molecule has 2 rings (SSSR count). The van der Waals surface area contributed by atoms with Gasteiger partial charge >= 0.3 is 0 Å². The zero-order chi connectivity index (χ0) is 19.5. The van der Waals surface area contributed by atoms with E-state index in [9.17, 15) is 8.78 Å². The van der Waals surface area contributed by atoms with Crippen molar-refractivity contribution in [3.63, 3.8) is 0 Å². The number of unbranched alkanes of at least 4 members (excludes halogenated alkanes) is 1. The van der Waals surface area contributed by atoms with E-state index in [1.807, 2.05) is 31.2 Å². The number of hydrogen-bond acceptors (Lipinski definition) is 1. The highest BCUT2D eigenvalue weighted by Gasteiger charge is 2.00. The fourth-order valence-electron chi connectivity index (χ4n) is 2.30. The zero-order valence-electron chi connectivity index (χ0n) is 15.6. The van der Waals surface area contributed by atoms with E-state index in [1.165, 1.54) is 5.56 Å². The predicted octanol–water partition coefficient (Wildman–Crippen LogP) is 5.98. The molecule has 2 aromatic rings. The molecule has 0 aliphatic heterocycles. The van der Waals surface area contributed by atoms with Crippen LogP contribution in [0.25, 0.3) is 0 Å². The molecule has 2 aromatic carbocycles. The van der Waals surface area contributed by atoms with Gasteiger partial charge in [0.1, 0.15) is 5.75 Å². The summed E-state index contributed by atoms with van der Waals surface area (Å²) >= 11 is 0. The van der Waals surface area contributed by atoms with Gasteiger partial charge in [-0.05, 0) is 73.6 Å². The molecule has 0 aromatic heterocycles. The lowest BCUT2D eigenvalue weighted by Crippen LogP contribution is -1.90. The van der Waals surface area contributed by atoms with Gasteiger partial charge in [-0.3, -0.25) is 0 Å². The Morgan fingerprint density at radius 1 is 0.815 bits per heavy atom. The summed E-state index contributed by atoms with van der Waals surface area (Å²) in [5.74, 6) is 7.92. The van der Waals surface area contributed by atoms with Crippen molar-refractivity contribution in [2.75, 3.05) is 6.61 Å². The van der Waals surface area contributed by atoms with Crippen LogP contribution in [0.1, 0.15) is 43.4 Å². The number of rotatable bonds is 5. The second-order valence-electron chi connectivity index (χ2n) is 5.89. The van der Waals surface area contributed by atoms with Crippen LogP contribution >= 0.6 is 0 Å². The molecule has 0 N–H and O–H groups in total. The second-order valence-corrected chi connectivity index (χ2v) is 5.89. The monoisotopic (exact) mass is 364 g/mol. The van der Waals surface area contributed by atoms with E-state index in [0.717, 1.165) is 19.3 Å². The highest BCUT2D eigenvalue weighted by Crippen LogP contribution is 2.12. The van der Waals surface area contributed by atoms with E-state index in [1.54, 1.807) is 24.3 Å². The van der Waals surface area contributed by atoms with Crippen LogP contribution in [0.3, 0.4) is 0 Å². The molecule has 0 fully saturated rings. The molecule has 138 valence electrons. The lowest BCUT2D eigenvalue weighted by atomic mass is 10.1. The molecule has 1 nitrogen and oxygen atoms in total. The van der Waals surface area contributed by atoms with Crippen molar-refractivity contribution in [3.05, 3.63) is 76.9 Å².